The van der Waals surface area contributed by atoms with Crippen LogP contribution < -0.4 is 4.74 Å². The fourth-order valence-electron chi connectivity index (χ4n) is 0.856. The van der Waals surface area contributed by atoms with Gasteiger partial charge in [-0.1, -0.05) is 26.0 Å². The minimum Gasteiger partial charge on any atom is -0.431 e. The van der Waals surface area contributed by atoms with Gasteiger partial charge in [-0.15, -0.1) is 0 Å². The second-order valence-electron chi connectivity index (χ2n) is 2.92. The summed E-state index contributed by atoms with van der Waals surface area (Å²) in [5.41, 5.74) is 0.497. The highest BCUT2D eigenvalue weighted by molar-refractivity contribution is 7.80. The van der Waals surface area contributed by atoms with Gasteiger partial charge in [0, 0.05) is 14.1 Å². The van der Waals surface area contributed by atoms with E-state index in [1.54, 1.807) is 43.3 Å². The van der Waals surface area contributed by atoms with Gasteiger partial charge in [-0.05, 0) is 24.4 Å². The van der Waals surface area contributed by atoms with Gasteiger partial charge in [0.1, 0.15) is 5.75 Å². The normalized spacial score (nSPS) is 8.50. The van der Waals surface area contributed by atoms with Crippen molar-refractivity contribution in [3.63, 3.8) is 0 Å². The first-order chi connectivity index (χ1) is 7.65. The molecular formula is C12H17NO2S. The van der Waals surface area contributed by atoms with Gasteiger partial charge in [-0.25, -0.2) is 0 Å². The van der Waals surface area contributed by atoms with E-state index in [0.717, 1.165) is 6.29 Å². The van der Waals surface area contributed by atoms with Gasteiger partial charge < -0.3 is 9.64 Å². The van der Waals surface area contributed by atoms with Crippen LogP contribution in [0.3, 0.4) is 0 Å². The van der Waals surface area contributed by atoms with Crippen LogP contribution in [0.1, 0.15) is 24.2 Å². The topological polar surface area (TPSA) is 29.5 Å². The van der Waals surface area contributed by atoms with E-state index < -0.39 is 0 Å². The van der Waals surface area contributed by atoms with Crippen LogP contribution in [0, 0.1) is 0 Å². The summed E-state index contributed by atoms with van der Waals surface area (Å²) in [5, 5.41) is 0.333. The molecule has 0 bridgehead atoms. The number of hydrogen-bond donors (Lipinski definition) is 0. The molecule has 0 saturated heterocycles. The zero-order valence-corrected chi connectivity index (χ0v) is 10.9. The summed E-state index contributed by atoms with van der Waals surface area (Å²) in [5.74, 6) is 0.487. The molecule has 1 rings (SSSR count). The molecule has 3 nitrogen and oxygen atoms in total. The number of thiocarbonyl (C=S) groups is 1. The molecule has 1 aromatic rings. The van der Waals surface area contributed by atoms with E-state index in [4.69, 9.17) is 17.0 Å². The van der Waals surface area contributed by atoms with Gasteiger partial charge in [0.05, 0.1) is 5.56 Å². The quantitative estimate of drug-likeness (QED) is 0.586. The lowest BCUT2D eigenvalue weighted by Gasteiger charge is -2.14. The molecule has 0 aliphatic heterocycles. The first kappa shape index (κ1) is 14.6. The predicted octanol–water partition coefficient (Wildman–Crippen LogP) is 2.75. The summed E-state index contributed by atoms with van der Waals surface area (Å²) < 4.78 is 5.32. The van der Waals surface area contributed by atoms with Crippen molar-refractivity contribution in [1.82, 2.24) is 4.90 Å². The van der Waals surface area contributed by atoms with Gasteiger partial charge >= 0.3 is 0 Å². The van der Waals surface area contributed by atoms with Crippen molar-refractivity contribution in [2.75, 3.05) is 14.1 Å². The molecule has 0 saturated carbocycles. The summed E-state index contributed by atoms with van der Waals surface area (Å²) in [4.78, 5) is 12.3. The van der Waals surface area contributed by atoms with Crippen LogP contribution in [-0.4, -0.2) is 30.5 Å². The Hall–Kier alpha value is -1.42. The molecule has 0 fully saturated rings. The maximum absolute atomic E-state index is 10.6. The summed E-state index contributed by atoms with van der Waals surface area (Å²) in [6, 6.07) is 6.95. The standard InChI is InChI=1S/C10H11NO2S.C2H6/c1-11(2)10(14)13-9-6-4-3-5-8(9)7-12;1-2/h3-7H,1-2H3;1-2H3. The molecule has 0 unspecified atom stereocenters. The Morgan fingerprint density at radius 2 is 1.88 bits per heavy atom. The monoisotopic (exact) mass is 239 g/mol. The number of rotatable bonds is 2. The van der Waals surface area contributed by atoms with Crippen LogP contribution in [0.2, 0.25) is 0 Å². The number of ether oxygens (including phenoxy) is 1. The highest BCUT2D eigenvalue weighted by Gasteiger charge is 2.05. The highest BCUT2D eigenvalue weighted by Crippen LogP contribution is 2.16. The fraction of sp³-hybridized carbons (Fsp3) is 0.333. The summed E-state index contributed by atoms with van der Waals surface area (Å²) in [6.07, 6.45) is 0.744. The van der Waals surface area contributed by atoms with Crippen LogP contribution in [0.4, 0.5) is 0 Å². The number of para-hydroxylation sites is 1. The molecule has 0 aliphatic rings. The molecule has 0 amide bonds. The van der Waals surface area contributed by atoms with E-state index in [0.29, 0.717) is 16.5 Å². The maximum atomic E-state index is 10.6. The average Bonchev–Trinajstić information content (AvgIpc) is 2.32. The number of nitrogens with zero attached hydrogens (tertiary/aromatic N) is 1. The first-order valence-corrected chi connectivity index (χ1v) is 5.49. The van der Waals surface area contributed by atoms with E-state index in [9.17, 15) is 4.79 Å². The smallest absolute Gasteiger partial charge is 0.264 e. The van der Waals surface area contributed by atoms with E-state index >= 15 is 0 Å². The Bertz CT molecular complexity index is 351. The Kier molecular flexibility index (Phi) is 7.12. The van der Waals surface area contributed by atoms with Crippen LogP contribution in [0.25, 0.3) is 0 Å². The van der Waals surface area contributed by atoms with Crippen LogP contribution >= 0.6 is 12.2 Å². The van der Waals surface area contributed by atoms with E-state index in [-0.39, 0.29) is 0 Å². The van der Waals surface area contributed by atoms with Crippen LogP contribution in [-0.2, 0) is 0 Å². The van der Waals surface area contributed by atoms with Crippen LogP contribution in [0.15, 0.2) is 24.3 Å². The van der Waals surface area contributed by atoms with Gasteiger partial charge in [0.15, 0.2) is 6.29 Å². The minimum absolute atomic E-state index is 0.333. The second kappa shape index (κ2) is 7.82. The summed E-state index contributed by atoms with van der Waals surface area (Å²) in [6.45, 7) is 4.00. The number of benzene rings is 1. The summed E-state index contributed by atoms with van der Waals surface area (Å²) >= 11 is 4.96. The lowest BCUT2D eigenvalue weighted by atomic mass is 10.2. The molecule has 1 aromatic carbocycles. The second-order valence-corrected chi connectivity index (χ2v) is 3.27. The zero-order valence-electron chi connectivity index (χ0n) is 10.1. The molecule has 0 radical (unpaired) electrons. The largest absolute Gasteiger partial charge is 0.431 e. The van der Waals surface area contributed by atoms with Crippen molar-refractivity contribution in [1.29, 1.82) is 0 Å². The van der Waals surface area contributed by atoms with E-state index in [1.165, 1.54) is 0 Å². The number of carbonyl (C=O) groups is 1. The molecule has 0 aromatic heterocycles. The van der Waals surface area contributed by atoms with Crippen molar-refractivity contribution >= 4 is 23.7 Å². The number of hydrogen-bond acceptors (Lipinski definition) is 3. The minimum atomic E-state index is 0.333. The molecule has 88 valence electrons. The lowest BCUT2D eigenvalue weighted by molar-refractivity contribution is 0.112. The predicted molar refractivity (Wildman–Crippen MR) is 70.1 cm³/mol. The van der Waals surface area contributed by atoms with Gasteiger partial charge in [-0.3, -0.25) is 4.79 Å². The Morgan fingerprint density at radius 1 is 1.31 bits per heavy atom. The molecule has 0 atom stereocenters. The Balaban J connectivity index is 0.00000106. The Morgan fingerprint density at radius 3 is 2.38 bits per heavy atom. The van der Waals surface area contributed by atoms with Crippen molar-refractivity contribution in [2.24, 2.45) is 0 Å². The molecule has 0 heterocycles. The molecule has 0 N–H and O–H groups in total. The van der Waals surface area contributed by atoms with Crippen molar-refractivity contribution in [3.05, 3.63) is 29.8 Å². The van der Waals surface area contributed by atoms with E-state index in [2.05, 4.69) is 0 Å². The van der Waals surface area contributed by atoms with Gasteiger partial charge in [-0.2, -0.15) is 0 Å². The summed E-state index contributed by atoms with van der Waals surface area (Å²) in [7, 11) is 3.57. The average molecular weight is 239 g/mol. The molecule has 4 heteroatoms. The first-order valence-electron chi connectivity index (χ1n) is 5.08. The zero-order chi connectivity index (χ0) is 12.6. The molecule has 0 aliphatic carbocycles. The molecule has 0 spiro atoms. The van der Waals surface area contributed by atoms with Gasteiger partial charge in [0.2, 0.25) is 0 Å². The van der Waals surface area contributed by atoms with Crippen molar-refractivity contribution in [3.8, 4) is 5.75 Å². The number of aldehydes is 1. The van der Waals surface area contributed by atoms with Gasteiger partial charge in [0.25, 0.3) is 5.17 Å². The fourth-order valence-corrected chi connectivity index (χ4v) is 0.946. The maximum Gasteiger partial charge on any atom is 0.264 e. The third-order valence-corrected chi connectivity index (χ3v) is 2.06. The van der Waals surface area contributed by atoms with E-state index in [1.807, 2.05) is 13.8 Å². The molecule has 16 heavy (non-hydrogen) atoms. The number of carbonyl (C=O) groups excluding carboxylic acids is 1. The highest BCUT2D eigenvalue weighted by atomic mass is 32.1. The Labute approximate surface area is 102 Å². The third-order valence-electron chi connectivity index (χ3n) is 1.61. The van der Waals surface area contributed by atoms with Crippen molar-refractivity contribution < 1.29 is 9.53 Å². The lowest BCUT2D eigenvalue weighted by Crippen LogP contribution is -2.25. The van der Waals surface area contributed by atoms with Crippen molar-refractivity contribution in [2.45, 2.75) is 13.8 Å². The van der Waals surface area contributed by atoms with Crippen LogP contribution in [0.5, 0.6) is 5.75 Å². The molecular weight excluding hydrogens is 222 g/mol. The SMILES string of the molecule is CC.CN(C)C(=S)Oc1ccccc1C=O. The third kappa shape index (κ3) is 4.40.